The third kappa shape index (κ3) is 1.56. The number of carbonyl (C=O) groups excluding carboxylic acids is 1. The SMILES string of the molecule is O=C1c2ccccc2-c2c1nc(-c1ccccc1)c1nonc21. The molecule has 23 heavy (non-hydrogen) atoms. The molecule has 0 fully saturated rings. The minimum absolute atomic E-state index is 0.0855. The molecule has 1 aliphatic carbocycles. The Bertz CT molecular complexity index is 1080. The van der Waals surface area contributed by atoms with E-state index in [4.69, 9.17) is 4.63 Å². The molecule has 5 heteroatoms. The molecule has 0 N–H and O–H groups in total. The lowest BCUT2D eigenvalue weighted by atomic mass is 10.0. The van der Waals surface area contributed by atoms with Gasteiger partial charge in [-0.2, -0.15) is 0 Å². The molecule has 4 aromatic rings. The predicted molar refractivity (Wildman–Crippen MR) is 83.9 cm³/mol. The average Bonchev–Trinajstić information content (AvgIpc) is 3.19. The molecule has 5 nitrogen and oxygen atoms in total. The van der Waals surface area contributed by atoms with E-state index in [1.54, 1.807) is 6.07 Å². The minimum Gasteiger partial charge on any atom is -0.287 e. The van der Waals surface area contributed by atoms with Gasteiger partial charge in [-0.05, 0) is 15.9 Å². The Morgan fingerprint density at radius 1 is 0.739 bits per heavy atom. The molecular formula is C18H9N3O2. The zero-order valence-electron chi connectivity index (χ0n) is 11.9. The number of ketones is 1. The van der Waals surface area contributed by atoms with Gasteiger partial charge in [-0.15, -0.1) is 0 Å². The summed E-state index contributed by atoms with van der Waals surface area (Å²) in [6.45, 7) is 0. The first kappa shape index (κ1) is 12.2. The van der Waals surface area contributed by atoms with E-state index in [9.17, 15) is 4.79 Å². The maximum absolute atomic E-state index is 12.7. The van der Waals surface area contributed by atoms with Crippen molar-refractivity contribution in [1.29, 1.82) is 0 Å². The van der Waals surface area contributed by atoms with E-state index >= 15 is 0 Å². The molecule has 0 aliphatic heterocycles. The number of nitrogens with zero attached hydrogens (tertiary/aromatic N) is 3. The van der Waals surface area contributed by atoms with E-state index in [1.807, 2.05) is 48.5 Å². The van der Waals surface area contributed by atoms with E-state index in [0.29, 0.717) is 33.5 Å². The lowest BCUT2D eigenvalue weighted by Crippen LogP contribution is -2.00. The first-order valence-corrected chi connectivity index (χ1v) is 7.20. The summed E-state index contributed by atoms with van der Waals surface area (Å²) in [5.41, 5.74) is 5.23. The van der Waals surface area contributed by atoms with E-state index in [-0.39, 0.29) is 5.78 Å². The maximum Gasteiger partial charge on any atom is 0.212 e. The van der Waals surface area contributed by atoms with Crippen LogP contribution in [0, 0.1) is 0 Å². The molecule has 2 aromatic heterocycles. The Kier molecular flexibility index (Phi) is 2.30. The fourth-order valence-corrected chi connectivity index (χ4v) is 3.08. The highest BCUT2D eigenvalue weighted by atomic mass is 16.6. The molecule has 108 valence electrons. The van der Waals surface area contributed by atoms with Crippen LogP contribution in [-0.4, -0.2) is 21.1 Å². The summed E-state index contributed by atoms with van der Waals surface area (Å²) in [4.78, 5) is 17.3. The molecule has 0 unspecified atom stereocenters. The fraction of sp³-hybridized carbons (Fsp3) is 0. The highest BCUT2D eigenvalue weighted by Crippen LogP contribution is 2.41. The van der Waals surface area contributed by atoms with Crippen molar-refractivity contribution in [1.82, 2.24) is 15.3 Å². The molecule has 0 radical (unpaired) electrons. The zero-order chi connectivity index (χ0) is 15.4. The van der Waals surface area contributed by atoms with E-state index in [0.717, 1.165) is 11.1 Å². The van der Waals surface area contributed by atoms with Crippen LogP contribution < -0.4 is 0 Å². The van der Waals surface area contributed by atoms with Gasteiger partial charge in [-0.25, -0.2) is 9.61 Å². The summed E-state index contributed by atoms with van der Waals surface area (Å²) in [6, 6.07) is 17.1. The molecule has 1 aliphatic rings. The third-order valence-electron chi connectivity index (χ3n) is 4.11. The van der Waals surface area contributed by atoms with Gasteiger partial charge in [0, 0.05) is 16.7 Å². The lowest BCUT2D eigenvalue weighted by molar-refractivity contribution is 0.103. The summed E-state index contributed by atoms with van der Waals surface area (Å²) in [5.74, 6) is -0.0855. The summed E-state index contributed by atoms with van der Waals surface area (Å²) in [7, 11) is 0. The fourth-order valence-electron chi connectivity index (χ4n) is 3.08. The summed E-state index contributed by atoms with van der Waals surface area (Å²) < 4.78 is 4.95. The van der Waals surface area contributed by atoms with Gasteiger partial charge in [0.2, 0.25) is 5.78 Å². The smallest absolute Gasteiger partial charge is 0.212 e. The largest absolute Gasteiger partial charge is 0.287 e. The Morgan fingerprint density at radius 3 is 2.26 bits per heavy atom. The normalized spacial score (nSPS) is 12.4. The van der Waals surface area contributed by atoms with Gasteiger partial charge in [0.25, 0.3) is 0 Å². The second kappa shape index (κ2) is 4.33. The third-order valence-corrected chi connectivity index (χ3v) is 4.11. The average molecular weight is 299 g/mol. The highest BCUT2D eigenvalue weighted by molar-refractivity contribution is 6.24. The quantitative estimate of drug-likeness (QED) is 0.474. The Hall–Kier alpha value is -3.34. The van der Waals surface area contributed by atoms with Gasteiger partial charge in [-0.3, -0.25) is 4.79 Å². The number of hydrogen-bond donors (Lipinski definition) is 0. The van der Waals surface area contributed by atoms with Gasteiger partial charge in [0.15, 0.2) is 5.52 Å². The van der Waals surface area contributed by atoms with Crippen molar-refractivity contribution in [2.45, 2.75) is 0 Å². The molecule has 0 bridgehead atoms. The van der Waals surface area contributed by atoms with Gasteiger partial charge in [0.05, 0.1) is 0 Å². The minimum atomic E-state index is -0.0855. The lowest BCUT2D eigenvalue weighted by Gasteiger charge is -2.04. The second-order valence-corrected chi connectivity index (χ2v) is 5.39. The van der Waals surface area contributed by atoms with E-state index < -0.39 is 0 Å². The molecule has 0 amide bonds. The first-order valence-electron chi connectivity index (χ1n) is 7.20. The monoisotopic (exact) mass is 299 g/mol. The van der Waals surface area contributed by atoms with Crippen LogP contribution in [0.1, 0.15) is 16.1 Å². The maximum atomic E-state index is 12.7. The molecular weight excluding hydrogens is 290 g/mol. The highest BCUT2D eigenvalue weighted by Gasteiger charge is 2.33. The number of hydrogen-bond acceptors (Lipinski definition) is 5. The molecule has 0 saturated heterocycles. The van der Waals surface area contributed by atoms with Crippen molar-refractivity contribution >= 4 is 16.8 Å². The van der Waals surface area contributed by atoms with Crippen molar-refractivity contribution in [2.75, 3.05) is 0 Å². The number of benzene rings is 2. The second-order valence-electron chi connectivity index (χ2n) is 5.39. The molecule has 0 atom stereocenters. The number of carbonyl (C=O) groups is 1. The Labute approximate surface area is 130 Å². The zero-order valence-corrected chi connectivity index (χ0v) is 11.9. The van der Waals surface area contributed by atoms with Crippen LogP contribution in [0.4, 0.5) is 0 Å². The van der Waals surface area contributed by atoms with Gasteiger partial charge in [0.1, 0.15) is 16.9 Å². The van der Waals surface area contributed by atoms with Crippen molar-refractivity contribution in [3.05, 3.63) is 65.9 Å². The number of fused-ring (bicyclic) bond motifs is 5. The molecule has 2 aromatic carbocycles. The van der Waals surface area contributed by atoms with E-state index in [1.165, 1.54) is 0 Å². The van der Waals surface area contributed by atoms with Crippen LogP contribution in [0.25, 0.3) is 33.4 Å². The standard InChI is InChI=1S/C18H9N3O2/c22-18-12-9-5-4-8-11(12)13-15-17(21-23-20-15)14(19-16(13)18)10-6-2-1-3-7-10/h1-9H. The summed E-state index contributed by atoms with van der Waals surface area (Å²) in [5, 5.41) is 8.04. The number of pyridine rings is 1. The number of aromatic nitrogens is 3. The van der Waals surface area contributed by atoms with Crippen LogP contribution >= 0.6 is 0 Å². The van der Waals surface area contributed by atoms with Crippen LogP contribution in [-0.2, 0) is 0 Å². The van der Waals surface area contributed by atoms with Crippen molar-refractivity contribution in [3.63, 3.8) is 0 Å². The molecule has 5 rings (SSSR count). The van der Waals surface area contributed by atoms with E-state index in [2.05, 4.69) is 15.3 Å². The van der Waals surface area contributed by atoms with Gasteiger partial charge >= 0.3 is 0 Å². The van der Waals surface area contributed by atoms with Crippen molar-refractivity contribution < 1.29 is 9.42 Å². The molecule has 2 heterocycles. The summed E-state index contributed by atoms with van der Waals surface area (Å²) >= 11 is 0. The number of rotatable bonds is 1. The van der Waals surface area contributed by atoms with Crippen molar-refractivity contribution in [3.8, 4) is 22.4 Å². The van der Waals surface area contributed by atoms with Gasteiger partial charge < -0.3 is 0 Å². The van der Waals surface area contributed by atoms with Crippen LogP contribution in [0.5, 0.6) is 0 Å². The van der Waals surface area contributed by atoms with Crippen LogP contribution in [0.2, 0.25) is 0 Å². The molecule has 0 saturated carbocycles. The van der Waals surface area contributed by atoms with Crippen molar-refractivity contribution in [2.24, 2.45) is 0 Å². The van der Waals surface area contributed by atoms with Crippen LogP contribution in [0.3, 0.4) is 0 Å². The Morgan fingerprint density at radius 2 is 1.43 bits per heavy atom. The topological polar surface area (TPSA) is 68.9 Å². The van der Waals surface area contributed by atoms with Crippen LogP contribution in [0.15, 0.2) is 59.2 Å². The summed E-state index contributed by atoms with van der Waals surface area (Å²) in [6.07, 6.45) is 0. The molecule has 0 spiro atoms. The Balaban J connectivity index is 1.92. The first-order chi connectivity index (χ1) is 11.3. The predicted octanol–water partition coefficient (Wildman–Crippen LogP) is 3.50. The van der Waals surface area contributed by atoms with Gasteiger partial charge in [-0.1, -0.05) is 54.6 Å².